The zero-order valence-corrected chi connectivity index (χ0v) is 11.0. The molecule has 0 bridgehead atoms. The number of aryl methyl sites for hydroxylation is 1. The van der Waals surface area contributed by atoms with Crippen LogP contribution in [0.1, 0.15) is 24.0 Å². The highest BCUT2D eigenvalue weighted by molar-refractivity contribution is 5.81. The molecule has 0 heterocycles. The smallest absolute Gasteiger partial charge is 0.136 e. The normalized spacial score (nSPS) is 10.7. The summed E-state index contributed by atoms with van der Waals surface area (Å²) in [5.74, 6) is 0.288. The quantitative estimate of drug-likeness (QED) is 0.747. The van der Waals surface area contributed by atoms with Crippen LogP contribution in [0.5, 0.6) is 0 Å². The van der Waals surface area contributed by atoms with Crippen molar-refractivity contribution >= 4 is 11.9 Å². The monoisotopic (exact) mass is 250 g/mol. The van der Waals surface area contributed by atoms with Crippen molar-refractivity contribution in [3.63, 3.8) is 0 Å². The lowest BCUT2D eigenvalue weighted by Crippen LogP contribution is -1.98. The molecule has 0 saturated carbocycles. The molecule has 0 aromatic heterocycles. The van der Waals surface area contributed by atoms with Gasteiger partial charge in [0, 0.05) is 12.8 Å². The van der Waals surface area contributed by atoms with E-state index in [9.17, 15) is 4.79 Å². The molecule has 2 rings (SSSR count). The average Bonchev–Trinajstić information content (AvgIpc) is 2.47. The van der Waals surface area contributed by atoms with Gasteiger partial charge in [-0.05, 0) is 17.5 Å². The second kappa shape index (κ2) is 7.32. The SMILES string of the molecule is O=C(C/C=C/c1ccccc1)CCc1ccccc1. The second-order valence-corrected chi connectivity index (χ2v) is 4.54. The molecule has 1 nitrogen and oxygen atoms in total. The number of rotatable bonds is 6. The van der Waals surface area contributed by atoms with Gasteiger partial charge in [0.2, 0.25) is 0 Å². The van der Waals surface area contributed by atoms with Gasteiger partial charge in [-0.2, -0.15) is 0 Å². The Labute approximate surface area is 114 Å². The third kappa shape index (κ3) is 4.92. The van der Waals surface area contributed by atoms with Gasteiger partial charge in [0.1, 0.15) is 5.78 Å². The maximum absolute atomic E-state index is 11.8. The predicted octanol–water partition coefficient (Wildman–Crippen LogP) is 4.29. The number of carbonyl (C=O) groups is 1. The van der Waals surface area contributed by atoms with Gasteiger partial charge in [-0.1, -0.05) is 72.8 Å². The Morgan fingerprint density at radius 3 is 2.21 bits per heavy atom. The van der Waals surface area contributed by atoms with E-state index in [1.54, 1.807) is 0 Å². The number of allylic oxidation sites excluding steroid dienone is 1. The van der Waals surface area contributed by atoms with E-state index in [2.05, 4.69) is 12.1 Å². The fourth-order valence-corrected chi connectivity index (χ4v) is 1.92. The number of hydrogen-bond donors (Lipinski definition) is 0. The summed E-state index contributed by atoms with van der Waals surface area (Å²) < 4.78 is 0. The molecule has 0 aliphatic rings. The molecule has 0 fully saturated rings. The van der Waals surface area contributed by atoms with Crippen LogP contribution < -0.4 is 0 Å². The van der Waals surface area contributed by atoms with E-state index in [-0.39, 0.29) is 5.78 Å². The number of hydrogen-bond acceptors (Lipinski definition) is 1. The highest BCUT2D eigenvalue weighted by Crippen LogP contribution is 2.06. The molecule has 0 spiro atoms. The van der Waals surface area contributed by atoms with E-state index in [0.717, 1.165) is 12.0 Å². The Kier molecular flexibility index (Phi) is 5.12. The summed E-state index contributed by atoms with van der Waals surface area (Å²) in [5, 5.41) is 0. The van der Waals surface area contributed by atoms with Crippen LogP contribution in [0, 0.1) is 0 Å². The van der Waals surface area contributed by atoms with Gasteiger partial charge >= 0.3 is 0 Å². The van der Waals surface area contributed by atoms with Crippen LogP contribution >= 0.6 is 0 Å². The van der Waals surface area contributed by atoms with E-state index in [1.807, 2.05) is 60.7 Å². The standard InChI is InChI=1S/C18H18O/c19-18(15-14-17-10-5-2-6-11-17)13-7-12-16-8-3-1-4-9-16/h1-12H,13-15H2/b12-7+. The molecule has 0 aliphatic carbocycles. The molecule has 2 aromatic rings. The molecule has 0 N–H and O–H groups in total. The van der Waals surface area contributed by atoms with Crippen molar-refractivity contribution in [3.8, 4) is 0 Å². The molecule has 19 heavy (non-hydrogen) atoms. The first-order valence-electron chi connectivity index (χ1n) is 6.62. The summed E-state index contributed by atoms with van der Waals surface area (Å²) in [7, 11) is 0. The summed E-state index contributed by atoms with van der Waals surface area (Å²) in [5.41, 5.74) is 2.36. The molecule has 96 valence electrons. The number of Topliss-reactive ketones (excluding diaryl/α,β-unsaturated/α-hetero) is 1. The molecule has 0 saturated heterocycles. The van der Waals surface area contributed by atoms with Gasteiger partial charge in [0.25, 0.3) is 0 Å². The Hall–Kier alpha value is -2.15. The van der Waals surface area contributed by atoms with Gasteiger partial charge in [-0.3, -0.25) is 4.79 Å². The van der Waals surface area contributed by atoms with Gasteiger partial charge in [0.05, 0.1) is 0 Å². The number of ketones is 1. The number of benzene rings is 2. The van der Waals surface area contributed by atoms with Crippen LogP contribution in [0.4, 0.5) is 0 Å². The van der Waals surface area contributed by atoms with Crippen molar-refractivity contribution in [1.82, 2.24) is 0 Å². The topological polar surface area (TPSA) is 17.1 Å². The van der Waals surface area contributed by atoms with Crippen molar-refractivity contribution < 1.29 is 4.79 Å². The molecular formula is C18H18O. The van der Waals surface area contributed by atoms with Crippen LogP contribution in [0.2, 0.25) is 0 Å². The Morgan fingerprint density at radius 2 is 1.53 bits per heavy atom. The molecule has 1 heteroatoms. The zero-order valence-electron chi connectivity index (χ0n) is 11.0. The van der Waals surface area contributed by atoms with Crippen molar-refractivity contribution in [2.75, 3.05) is 0 Å². The van der Waals surface area contributed by atoms with Crippen LogP contribution in [0.15, 0.2) is 66.7 Å². The van der Waals surface area contributed by atoms with Crippen LogP contribution in [-0.2, 0) is 11.2 Å². The molecule has 2 aromatic carbocycles. The third-order valence-corrected chi connectivity index (χ3v) is 2.99. The molecular weight excluding hydrogens is 232 g/mol. The Morgan fingerprint density at radius 1 is 0.895 bits per heavy atom. The molecule has 0 radical (unpaired) electrons. The largest absolute Gasteiger partial charge is 0.299 e. The van der Waals surface area contributed by atoms with Crippen LogP contribution in [0.3, 0.4) is 0 Å². The fraction of sp³-hybridized carbons (Fsp3) is 0.167. The van der Waals surface area contributed by atoms with Gasteiger partial charge in [0.15, 0.2) is 0 Å². The summed E-state index contributed by atoms with van der Waals surface area (Å²) >= 11 is 0. The minimum atomic E-state index is 0.288. The lowest BCUT2D eigenvalue weighted by Gasteiger charge is -1.99. The van der Waals surface area contributed by atoms with E-state index >= 15 is 0 Å². The van der Waals surface area contributed by atoms with E-state index in [1.165, 1.54) is 5.56 Å². The van der Waals surface area contributed by atoms with Crippen molar-refractivity contribution in [1.29, 1.82) is 0 Å². The predicted molar refractivity (Wildman–Crippen MR) is 79.9 cm³/mol. The van der Waals surface area contributed by atoms with E-state index < -0.39 is 0 Å². The Balaban J connectivity index is 1.75. The molecule has 0 amide bonds. The second-order valence-electron chi connectivity index (χ2n) is 4.54. The lowest BCUT2D eigenvalue weighted by atomic mass is 10.1. The maximum atomic E-state index is 11.8. The summed E-state index contributed by atoms with van der Waals surface area (Å²) in [4.78, 5) is 11.8. The molecule has 0 atom stereocenters. The zero-order chi connectivity index (χ0) is 13.3. The first-order chi connectivity index (χ1) is 9.34. The summed E-state index contributed by atoms with van der Waals surface area (Å²) in [6.45, 7) is 0. The first-order valence-corrected chi connectivity index (χ1v) is 6.62. The first kappa shape index (κ1) is 13.3. The number of carbonyl (C=O) groups excluding carboxylic acids is 1. The van der Waals surface area contributed by atoms with E-state index in [0.29, 0.717) is 12.8 Å². The van der Waals surface area contributed by atoms with Crippen LogP contribution in [0.25, 0.3) is 6.08 Å². The van der Waals surface area contributed by atoms with Gasteiger partial charge < -0.3 is 0 Å². The minimum Gasteiger partial charge on any atom is -0.299 e. The minimum absolute atomic E-state index is 0.288. The Bertz CT molecular complexity index is 526. The molecule has 0 aliphatic heterocycles. The highest BCUT2D eigenvalue weighted by Gasteiger charge is 2.00. The van der Waals surface area contributed by atoms with E-state index in [4.69, 9.17) is 0 Å². The third-order valence-electron chi connectivity index (χ3n) is 2.99. The van der Waals surface area contributed by atoms with Gasteiger partial charge in [-0.25, -0.2) is 0 Å². The fourth-order valence-electron chi connectivity index (χ4n) is 1.92. The summed E-state index contributed by atoms with van der Waals surface area (Å²) in [6, 6.07) is 20.2. The average molecular weight is 250 g/mol. The van der Waals surface area contributed by atoms with Crippen molar-refractivity contribution in [2.24, 2.45) is 0 Å². The highest BCUT2D eigenvalue weighted by atomic mass is 16.1. The molecule has 0 unspecified atom stereocenters. The van der Waals surface area contributed by atoms with Crippen LogP contribution in [-0.4, -0.2) is 5.78 Å². The van der Waals surface area contributed by atoms with Crippen molar-refractivity contribution in [2.45, 2.75) is 19.3 Å². The summed E-state index contributed by atoms with van der Waals surface area (Å²) in [6.07, 6.45) is 5.91. The van der Waals surface area contributed by atoms with Crippen molar-refractivity contribution in [3.05, 3.63) is 77.9 Å². The maximum Gasteiger partial charge on any atom is 0.136 e. The lowest BCUT2D eigenvalue weighted by molar-refractivity contribution is -0.118. The van der Waals surface area contributed by atoms with Gasteiger partial charge in [-0.15, -0.1) is 0 Å².